The van der Waals surface area contributed by atoms with Crippen LogP contribution in [0.1, 0.15) is 90.4 Å². The molecule has 0 heterocycles. The highest BCUT2D eigenvalue weighted by molar-refractivity contribution is 5.78. The van der Waals surface area contributed by atoms with Gasteiger partial charge in [-0.1, -0.05) is 39.0 Å². The first-order chi connectivity index (χ1) is 12.5. The molecule has 0 aromatic rings. The fourth-order valence-corrected chi connectivity index (χ4v) is 4.11. The van der Waals surface area contributed by atoms with Gasteiger partial charge in [-0.2, -0.15) is 0 Å². The van der Waals surface area contributed by atoms with Gasteiger partial charge >= 0.3 is 5.97 Å². The summed E-state index contributed by atoms with van der Waals surface area (Å²) in [7, 11) is 1.41. The fourth-order valence-electron chi connectivity index (χ4n) is 4.11. The van der Waals surface area contributed by atoms with Crippen molar-refractivity contribution in [3.05, 3.63) is 0 Å². The molecule has 4 unspecified atom stereocenters. The Bertz CT molecular complexity index is 409. The minimum atomic E-state index is -0.488. The summed E-state index contributed by atoms with van der Waals surface area (Å²) in [6.45, 7) is 2.13. The zero-order valence-electron chi connectivity index (χ0n) is 16.6. The van der Waals surface area contributed by atoms with Crippen molar-refractivity contribution in [2.24, 2.45) is 11.8 Å². The van der Waals surface area contributed by atoms with Crippen molar-refractivity contribution in [1.82, 2.24) is 0 Å². The highest BCUT2D eigenvalue weighted by atomic mass is 16.5. The van der Waals surface area contributed by atoms with E-state index in [-0.39, 0.29) is 23.6 Å². The van der Waals surface area contributed by atoms with Crippen LogP contribution in [0, 0.1) is 11.8 Å². The summed E-state index contributed by atoms with van der Waals surface area (Å²) in [5.41, 5.74) is 0. The molecule has 0 aromatic carbocycles. The monoisotopic (exact) mass is 370 g/mol. The van der Waals surface area contributed by atoms with Crippen LogP contribution in [0.3, 0.4) is 0 Å². The highest BCUT2D eigenvalue weighted by Crippen LogP contribution is 2.39. The second kappa shape index (κ2) is 13.3. The van der Waals surface area contributed by atoms with E-state index in [1.165, 1.54) is 7.11 Å². The van der Waals surface area contributed by atoms with Gasteiger partial charge in [-0.25, -0.2) is 0 Å². The zero-order valence-corrected chi connectivity index (χ0v) is 16.6. The molecule has 1 fully saturated rings. The van der Waals surface area contributed by atoms with E-state index in [1.54, 1.807) is 0 Å². The lowest BCUT2D eigenvalue weighted by Gasteiger charge is -2.23. The van der Waals surface area contributed by atoms with Crippen molar-refractivity contribution in [3.8, 4) is 0 Å². The van der Waals surface area contributed by atoms with E-state index in [4.69, 9.17) is 0 Å². The van der Waals surface area contributed by atoms with E-state index in [0.717, 1.165) is 51.4 Å². The standard InChI is InChI=1S/C21H38O5/c1-3-4-7-10-16(22)13-14-18-17(19(23)15-20(18)24)11-8-5-6-9-12-21(25)26-2/h17-20,23-24H,3-15H2,1-2H3. The minimum absolute atomic E-state index is 0.0372. The topological polar surface area (TPSA) is 83.8 Å². The molecule has 5 heteroatoms. The molecule has 0 aromatic heterocycles. The minimum Gasteiger partial charge on any atom is -0.469 e. The molecule has 1 aliphatic carbocycles. The van der Waals surface area contributed by atoms with Gasteiger partial charge in [-0.05, 0) is 43.9 Å². The molecule has 1 aliphatic rings. The van der Waals surface area contributed by atoms with Crippen molar-refractivity contribution in [3.63, 3.8) is 0 Å². The maximum Gasteiger partial charge on any atom is 0.305 e. The lowest BCUT2D eigenvalue weighted by Crippen LogP contribution is -2.23. The van der Waals surface area contributed by atoms with Gasteiger partial charge in [-0.3, -0.25) is 9.59 Å². The molecule has 0 saturated heterocycles. The van der Waals surface area contributed by atoms with Crippen LogP contribution in [0.5, 0.6) is 0 Å². The lowest BCUT2D eigenvalue weighted by atomic mass is 9.84. The molecule has 26 heavy (non-hydrogen) atoms. The van der Waals surface area contributed by atoms with Crippen LogP contribution >= 0.6 is 0 Å². The normalized spacial score (nSPS) is 25.4. The predicted octanol–water partition coefficient (Wildman–Crippen LogP) is 3.79. The molecule has 0 amide bonds. The molecule has 152 valence electrons. The van der Waals surface area contributed by atoms with Crippen LogP contribution in [0.2, 0.25) is 0 Å². The first-order valence-electron chi connectivity index (χ1n) is 10.4. The summed E-state index contributed by atoms with van der Waals surface area (Å²) in [4.78, 5) is 23.1. The largest absolute Gasteiger partial charge is 0.469 e. The number of ketones is 1. The Kier molecular flexibility index (Phi) is 11.8. The molecule has 2 N–H and O–H groups in total. The van der Waals surface area contributed by atoms with Crippen molar-refractivity contribution in [1.29, 1.82) is 0 Å². The molecule has 0 aliphatic heterocycles. The van der Waals surface area contributed by atoms with Crippen LogP contribution < -0.4 is 0 Å². The number of carbonyl (C=O) groups excluding carboxylic acids is 2. The van der Waals surface area contributed by atoms with E-state index in [0.29, 0.717) is 32.1 Å². The van der Waals surface area contributed by atoms with Crippen LogP contribution in [0.25, 0.3) is 0 Å². The Morgan fingerprint density at radius 1 is 0.846 bits per heavy atom. The number of esters is 1. The first kappa shape index (κ1) is 23.1. The van der Waals surface area contributed by atoms with Gasteiger partial charge < -0.3 is 14.9 Å². The van der Waals surface area contributed by atoms with Crippen LogP contribution in [0.15, 0.2) is 0 Å². The van der Waals surface area contributed by atoms with Crippen molar-refractivity contribution in [2.75, 3.05) is 7.11 Å². The number of carbonyl (C=O) groups is 2. The molecule has 4 atom stereocenters. The number of unbranched alkanes of at least 4 members (excludes halogenated alkanes) is 5. The number of methoxy groups -OCH3 is 1. The van der Waals surface area contributed by atoms with Gasteiger partial charge in [0.1, 0.15) is 5.78 Å². The molecule has 5 nitrogen and oxygen atoms in total. The van der Waals surface area contributed by atoms with Gasteiger partial charge in [0.2, 0.25) is 0 Å². The second-order valence-corrected chi connectivity index (χ2v) is 7.76. The highest BCUT2D eigenvalue weighted by Gasteiger charge is 2.40. The fraction of sp³-hybridized carbons (Fsp3) is 0.905. The van der Waals surface area contributed by atoms with E-state index in [9.17, 15) is 19.8 Å². The number of aliphatic hydroxyl groups excluding tert-OH is 2. The van der Waals surface area contributed by atoms with E-state index >= 15 is 0 Å². The summed E-state index contributed by atoms with van der Waals surface area (Å²) < 4.78 is 4.63. The maximum absolute atomic E-state index is 12.0. The van der Waals surface area contributed by atoms with E-state index in [2.05, 4.69) is 11.7 Å². The Morgan fingerprint density at radius 3 is 2.12 bits per heavy atom. The number of aliphatic hydroxyl groups is 2. The number of Topliss-reactive ketones (excluding diaryl/α,β-unsaturated/α-hetero) is 1. The quantitative estimate of drug-likeness (QED) is 0.359. The molecule has 0 spiro atoms. The summed E-state index contributed by atoms with van der Waals surface area (Å²) in [5.74, 6) is 0.251. The summed E-state index contributed by atoms with van der Waals surface area (Å²) in [5, 5.41) is 20.5. The van der Waals surface area contributed by atoms with E-state index < -0.39 is 12.2 Å². The molecule has 0 bridgehead atoms. The average molecular weight is 371 g/mol. The zero-order chi connectivity index (χ0) is 19.4. The molecule has 1 saturated carbocycles. The van der Waals surface area contributed by atoms with Crippen molar-refractivity contribution < 1.29 is 24.5 Å². The van der Waals surface area contributed by atoms with Gasteiger partial charge in [0.05, 0.1) is 19.3 Å². The summed E-state index contributed by atoms with van der Waals surface area (Å²) in [6, 6.07) is 0. The van der Waals surface area contributed by atoms with Crippen LogP contribution in [-0.2, 0) is 14.3 Å². The Labute approximate surface area is 158 Å². The number of ether oxygens (including phenoxy) is 1. The van der Waals surface area contributed by atoms with Crippen molar-refractivity contribution >= 4 is 11.8 Å². The molecular formula is C21H38O5. The number of hydrogen-bond acceptors (Lipinski definition) is 5. The van der Waals surface area contributed by atoms with Crippen molar-refractivity contribution in [2.45, 2.75) is 103 Å². The Morgan fingerprint density at radius 2 is 1.46 bits per heavy atom. The third-order valence-electron chi connectivity index (χ3n) is 5.73. The smallest absolute Gasteiger partial charge is 0.305 e. The summed E-state index contributed by atoms with van der Waals surface area (Å²) in [6.07, 6.45) is 9.65. The van der Waals surface area contributed by atoms with Gasteiger partial charge in [0.15, 0.2) is 0 Å². The van der Waals surface area contributed by atoms with Gasteiger partial charge in [0, 0.05) is 19.3 Å². The SMILES string of the molecule is CCCCCC(=O)CCC1C(O)CC(O)C1CCCCCCC(=O)OC. The number of hydrogen-bond donors (Lipinski definition) is 2. The average Bonchev–Trinajstić information content (AvgIpc) is 2.89. The maximum atomic E-state index is 12.0. The molecule has 0 radical (unpaired) electrons. The molecule has 1 rings (SSSR count). The Hall–Kier alpha value is -0.940. The third-order valence-corrected chi connectivity index (χ3v) is 5.73. The van der Waals surface area contributed by atoms with E-state index in [1.807, 2.05) is 0 Å². The predicted molar refractivity (Wildman–Crippen MR) is 102 cm³/mol. The van der Waals surface area contributed by atoms with Crippen LogP contribution in [-0.4, -0.2) is 41.3 Å². The lowest BCUT2D eigenvalue weighted by molar-refractivity contribution is -0.140. The van der Waals surface area contributed by atoms with Gasteiger partial charge in [0.25, 0.3) is 0 Å². The van der Waals surface area contributed by atoms with Crippen LogP contribution in [0.4, 0.5) is 0 Å². The third kappa shape index (κ3) is 8.63. The first-order valence-corrected chi connectivity index (χ1v) is 10.4. The number of rotatable bonds is 14. The second-order valence-electron chi connectivity index (χ2n) is 7.76. The summed E-state index contributed by atoms with van der Waals surface area (Å²) >= 11 is 0. The van der Waals surface area contributed by atoms with Gasteiger partial charge in [-0.15, -0.1) is 0 Å². The Balaban J connectivity index is 2.28. The molecular weight excluding hydrogens is 332 g/mol.